The zero-order valence-corrected chi connectivity index (χ0v) is 16.1. The lowest BCUT2D eigenvalue weighted by Gasteiger charge is -2.36. The Balaban J connectivity index is 1.76. The number of alkyl halides is 3. The van der Waals surface area contributed by atoms with Crippen LogP contribution < -0.4 is 4.90 Å². The van der Waals surface area contributed by atoms with E-state index in [1.54, 1.807) is 6.07 Å². The summed E-state index contributed by atoms with van der Waals surface area (Å²) in [4.78, 5) is 4.49. The van der Waals surface area contributed by atoms with Gasteiger partial charge >= 0.3 is 6.18 Å². The molecule has 1 aromatic rings. The predicted octanol–water partition coefficient (Wildman–Crippen LogP) is 5.60. The van der Waals surface area contributed by atoms with Gasteiger partial charge in [0, 0.05) is 31.9 Å². The van der Waals surface area contributed by atoms with Gasteiger partial charge in [0.2, 0.25) is 0 Å². The van der Waals surface area contributed by atoms with Crippen molar-refractivity contribution < 1.29 is 13.2 Å². The maximum absolute atomic E-state index is 12.9. The Morgan fingerprint density at radius 2 is 1.81 bits per heavy atom. The second kappa shape index (κ2) is 9.45. The van der Waals surface area contributed by atoms with E-state index in [-0.39, 0.29) is 0 Å². The second-order valence-electron chi connectivity index (χ2n) is 7.63. The van der Waals surface area contributed by atoms with Crippen LogP contribution in [0.3, 0.4) is 0 Å². The Morgan fingerprint density at radius 3 is 2.42 bits per heavy atom. The molecule has 0 saturated carbocycles. The van der Waals surface area contributed by atoms with E-state index in [2.05, 4.69) is 36.6 Å². The molecule has 146 valence electrons. The van der Waals surface area contributed by atoms with E-state index >= 15 is 0 Å². The van der Waals surface area contributed by atoms with Gasteiger partial charge in [-0.25, -0.2) is 0 Å². The van der Waals surface area contributed by atoms with E-state index < -0.39 is 11.7 Å². The monoisotopic (exact) mass is 368 g/mol. The van der Waals surface area contributed by atoms with Gasteiger partial charge in [0.25, 0.3) is 0 Å². The normalized spacial score (nSPS) is 17.2. The maximum Gasteiger partial charge on any atom is 0.416 e. The molecule has 0 aromatic heterocycles. The first-order valence-electron chi connectivity index (χ1n) is 9.53. The molecular formula is C21H31F3N2. The first-order chi connectivity index (χ1) is 12.3. The first kappa shape index (κ1) is 20.8. The minimum absolute atomic E-state index is 0.567. The van der Waals surface area contributed by atoms with Crippen molar-refractivity contribution >= 4 is 5.69 Å². The van der Waals surface area contributed by atoms with Crippen molar-refractivity contribution in [3.63, 3.8) is 0 Å². The maximum atomic E-state index is 12.9. The van der Waals surface area contributed by atoms with Crippen LogP contribution in [0.1, 0.15) is 45.6 Å². The lowest BCUT2D eigenvalue weighted by atomic mass is 10.0. The van der Waals surface area contributed by atoms with E-state index in [9.17, 15) is 13.2 Å². The summed E-state index contributed by atoms with van der Waals surface area (Å²) in [5.74, 6) is 0.701. The third kappa shape index (κ3) is 6.67. The minimum atomic E-state index is -4.28. The largest absolute Gasteiger partial charge is 0.416 e. The Morgan fingerprint density at radius 1 is 1.12 bits per heavy atom. The molecule has 1 heterocycles. The zero-order valence-electron chi connectivity index (χ0n) is 16.1. The van der Waals surface area contributed by atoms with Gasteiger partial charge in [-0.3, -0.25) is 4.90 Å². The Hall–Kier alpha value is -1.49. The molecule has 2 nitrogen and oxygen atoms in total. The van der Waals surface area contributed by atoms with Crippen LogP contribution >= 0.6 is 0 Å². The highest BCUT2D eigenvalue weighted by atomic mass is 19.4. The predicted molar refractivity (Wildman–Crippen MR) is 103 cm³/mol. The average molecular weight is 368 g/mol. The molecule has 1 fully saturated rings. The minimum Gasteiger partial charge on any atom is -0.369 e. The van der Waals surface area contributed by atoms with Crippen molar-refractivity contribution in [1.29, 1.82) is 0 Å². The average Bonchev–Trinajstić information content (AvgIpc) is 2.59. The van der Waals surface area contributed by atoms with Gasteiger partial charge in [-0.15, -0.1) is 0 Å². The molecule has 0 bridgehead atoms. The molecule has 1 aromatic carbocycles. The summed E-state index contributed by atoms with van der Waals surface area (Å²) >= 11 is 0. The second-order valence-corrected chi connectivity index (χ2v) is 7.63. The summed E-state index contributed by atoms with van der Waals surface area (Å²) in [6, 6.07) is 5.67. The molecule has 1 aliphatic heterocycles. The van der Waals surface area contributed by atoms with E-state index in [4.69, 9.17) is 0 Å². The van der Waals surface area contributed by atoms with Crippen LogP contribution in [-0.2, 0) is 6.18 Å². The van der Waals surface area contributed by atoms with E-state index in [1.165, 1.54) is 30.5 Å². The van der Waals surface area contributed by atoms with Gasteiger partial charge < -0.3 is 4.90 Å². The fraction of sp³-hybridized carbons (Fsp3) is 0.619. The number of allylic oxidation sites excluding steroid dienone is 2. The van der Waals surface area contributed by atoms with Gasteiger partial charge in [-0.1, -0.05) is 24.6 Å². The number of halogens is 3. The molecule has 1 saturated heterocycles. The molecule has 0 radical (unpaired) electrons. The van der Waals surface area contributed by atoms with Crippen LogP contribution in [-0.4, -0.2) is 37.6 Å². The lowest BCUT2D eigenvalue weighted by Crippen LogP contribution is -2.46. The van der Waals surface area contributed by atoms with Crippen molar-refractivity contribution in [3.05, 3.63) is 41.5 Å². The van der Waals surface area contributed by atoms with Crippen molar-refractivity contribution in [1.82, 2.24) is 4.90 Å². The molecule has 0 N–H and O–H groups in total. The summed E-state index contributed by atoms with van der Waals surface area (Å²) in [7, 11) is 0. The van der Waals surface area contributed by atoms with Crippen molar-refractivity contribution in [2.75, 3.05) is 37.6 Å². The van der Waals surface area contributed by atoms with Crippen LogP contribution in [0.4, 0.5) is 18.9 Å². The number of hydrogen-bond acceptors (Lipinski definition) is 2. The van der Waals surface area contributed by atoms with Crippen molar-refractivity contribution in [2.24, 2.45) is 5.92 Å². The molecule has 2 rings (SSSR count). The third-order valence-electron chi connectivity index (χ3n) is 5.06. The Labute approximate surface area is 155 Å². The van der Waals surface area contributed by atoms with Gasteiger partial charge in [-0.2, -0.15) is 13.2 Å². The highest BCUT2D eigenvalue weighted by Crippen LogP contribution is 2.31. The standard InChI is InChI=1S/C21H31F3N2/c1-17(2)6-4-7-18(3)10-11-25-12-14-26(15-13-25)20-9-5-8-19(16-20)21(22,23)24/h5-6,8-9,16,18H,4,7,10-15H2,1-3H3/t18-/m0/s1. The van der Waals surface area contributed by atoms with E-state index in [0.29, 0.717) is 11.6 Å². The van der Waals surface area contributed by atoms with E-state index in [0.717, 1.165) is 45.2 Å². The van der Waals surface area contributed by atoms with Crippen LogP contribution in [0.25, 0.3) is 0 Å². The highest BCUT2D eigenvalue weighted by Gasteiger charge is 2.31. The molecule has 0 amide bonds. The summed E-state index contributed by atoms with van der Waals surface area (Å²) in [6.45, 7) is 11.0. The van der Waals surface area contributed by atoms with Crippen molar-refractivity contribution in [3.8, 4) is 0 Å². The first-order valence-corrected chi connectivity index (χ1v) is 9.53. The zero-order chi connectivity index (χ0) is 19.2. The lowest BCUT2D eigenvalue weighted by molar-refractivity contribution is -0.137. The highest BCUT2D eigenvalue weighted by molar-refractivity contribution is 5.49. The number of benzene rings is 1. The molecule has 5 heteroatoms. The van der Waals surface area contributed by atoms with Crippen LogP contribution in [0.15, 0.2) is 35.9 Å². The summed E-state index contributed by atoms with van der Waals surface area (Å²) in [5, 5.41) is 0. The van der Waals surface area contributed by atoms with E-state index in [1.807, 2.05) is 0 Å². The fourth-order valence-electron chi connectivity index (χ4n) is 3.31. The van der Waals surface area contributed by atoms with Crippen molar-refractivity contribution in [2.45, 2.75) is 46.2 Å². The number of rotatable bonds is 7. The van der Waals surface area contributed by atoms with Crippen LogP contribution in [0.5, 0.6) is 0 Å². The molecule has 26 heavy (non-hydrogen) atoms. The number of hydrogen-bond donors (Lipinski definition) is 0. The summed E-state index contributed by atoms with van der Waals surface area (Å²) in [6.07, 6.45) is 1.56. The van der Waals surface area contributed by atoms with Gasteiger partial charge in [0.05, 0.1) is 5.56 Å². The molecule has 0 unspecified atom stereocenters. The third-order valence-corrected chi connectivity index (χ3v) is 5.06. The smallest absolute Gasteiger partial charge is 0.369 e. The summed E-state index contributed by atoms with van der Waals surface area (Å²) < 4.78 is 38.6. The quantitative estimate of drug-likeness (QED) is 0.578. The Kier molecular flexibility index (Phi) is 7.56. The molecule has 1 atom stereocenters. The Bertz CT molecular complexity index is 583. The topological polar surface area (TPSA) is 6.48 Å². The van der Waals surface area contributed by atoms with Crippen LogP contribution in [0, 0.1) is 5.92 Å². The fourth-order valence-corrected chi connectivity index (χ4v) is 3.31. The molecular weight excluding hydrogens is 337 g/mol. The molecule has 0 spiro atoms. The van der Waals surface area contributed by atoms with Gasteiger partial charge in [-0.05, 0) is 63.8 Å². The van der Waals surface area contributed by atoms with Crippen LogP contribution in [0.2, 0.25) is 0 Å². The van der Waals surface area contributed by atoms with Gasteiger partial charge in [0.1, 0.15) is 0 Å². The molecule has 0 aliphatic carbocycles. The summed E-state index contributed by atoms with van der Waals surface area (Å²) in [5.41, 5.74) is 1.49. The van der Waals surface area contributed by atoms with Gasteiger partial charge in [0.15, 0.2) is 0 Å². The molecule has 1 aliphatic rings. The number of nitrogens with zero attached hydrogens (tertiary/aromatic N) is 2. The SMILES string of the molecule is CC(C)=CCC[C@H](C)CCN1CCN(c2cccc(C(F)(F)F)c2)CC1. The number of anilines is 1. The number of piperazine rings is 1.